The number of thioether (sulfide) groups is 1. The predicted molar refractivity (Wildman–Crippen MR) is 122 cm³/mol. The molecule has 0 bridgehead atoms. The number of hydrogen-bond acceptors (Lipinski definition) is 6. The van der Waals surface area contributed by atoms with E-state index in [4.69, 9.17) is 4.74 Å². The van der Waals surface area contributed by atoms with E-state index in [-0.39, 0.29) is 6.16 Å². The van der Waals surface area contributed by atoms with Crippen LogP contribution in [0.25, 0.3) is 0 Å². The summed E-state index contributed by atoms with van der Waals surface area (Å²) >= 11 is 1.31. The van der Waals surface area contributed by atoms with Gasteiger partial charge in [-0.25, -0.2) is 4.79 Å². The van der Waals surface area contributed by atoms with Crippen LogP contribution in [0.4, 0.5) is 0 Å². The summed E-state index contributed by atoms with van der Waals surface area (Å²) < 4.78 is 17.5. The van der Waals surface area contributed by atoms with E-state index < -0.39 is 30.3 Å². The Morgan fingerprint density at radius 2 is 1.74 bits per heavy atom. The van der Waals surface area contributed by atoms with Gasteiger partial charge in [0.15, 0.2) is 4.87 Å². The second-order valence-corrected chi connectivity index (χ2v) is 11.5. The van der Waals surface area contributed by atoms with Gasteiger partial charge in [0.05, 0.1) is 0 Å². The number of esters is 2. The van der Waals surface area contributed by atoms with Crippen LogP contribution < -0.4 is 5.32 Å². The molecule has 31 heavy (non-hydrogen) atoms. The summed E-state index contributed by atoms with van der Waals surface area (Å²) in [5.41, 5.74) is 1.17. The first-order valence-corrected chi connectivity index (χ1v) is 13.3. The molecule has 1 fully saturated rings. The van der Waals surface area contributed by atoms with Gasteiger partial charge in [-0.05, 0) is 56.3 Å². The highest BCUT2D eigenvalue weighted by atomic mass is 32.2. The Morgan fingerprint density at radius 1 is 1.06 bits per heavy atom. The molecule has 0 spiro atoms. The minimum absolute atomic E-state index is 0.0330. The van der Waals surface area contributed by atoms with Crippen molar-refractivity contribution in [2.75, 3.05) is 18.9 Å². The van der Waals surface area contributed by atoms with Crippen LogP contribution in [0.5, 0.6) is 0 Å². The van der Waals surface area contributed by atoms with Gasteiger partial charge in [0.1, 0.15) is 6.16 Å². The summed E-state index contributed by atoms with van der Waals surface area (Å²) in [5, 5.41) is 3.15. The number of nitrogens with one attached hydrogen (secondary N) is 1. The smallest absolute Gasteiger partial charge is 0.344 e. The Kier molecular flexibility index (Phi) is 8.50. The summed E-state index contributed by atoms with van der Waals surface area (Å²) in [6, 6.07) is 19.3. The number of rotatable bonds is 10. The largest absolute Gasteiger partial charge is 0.391 e. The first-order valence-electron chi connectivity index (χ1n) is 10.5. The van der Waals surface area contributed by atoms with Gasteiger partial charge in [0, 0.05) is 11.1 Å². The molecule has 1 aliphatic heterocycles. The standard InChI is InChI=1S/C23H28NO5PS/c25-21(18-30(27,28)17-8-7-12-19-10-3-1-4-11-19)29-22(26)23(15-9-16-24-23)31-20-13-5-2-6-14-20/h1-6,10-11,13-14,24H,7-9,12,15-18H2,(H,27,28)/t23-/m1/s1. The van der Waals surface area contributed by atoms with Crippen molar-refractivity contribution in [1.82, 2.24) is 5.32 Å². The van der Waals surface area contributed by atoms with Gasteiger partial charge in [-0.3, -0.25) is 14.7 Å². The molecule has 2 aromatic carbocycles. The molecule has 1 unspecified atom stereocenters. The minimum atomic E-state index is -3.70. The maximum absolute atomic E-state index is 12.8. The van der Waals surface area contributed by atoms with Crippen LogP contribution in [-0.2, 0) is 25.3 Å². The Hall–Kier alpha value is -1.92. The van der Waals surface area contributed by atoms with Crippen LogP contribution in [0.1, 0.15) is 31.2 Å². The van der Waals surface area contributed by atoms with Crippen molar-refractivity contribution < 1.29 is 23.8 Å². The van der Waals surface area contributed by atoms with Crippen molar-refractivity contribution in [1.29, 1.82) is 0 Å². The average Bonchev–Trinajstić information content (AvgIpc) is 3.22. The molecule has 0 saturated carbocycles. The van der Waals surface area contributed by atoms with E-state index in [0.29, 0.717) is 19.4 Å². The molecule has 2 atom stereocenters. The lowest BCUT2D eigenvalue weighted by Gasteiger charge is -2.26. The van der Waals surface area contributed by atoms with Crippen LogP contribution in [0.2, 0.25) is 0 Å². The number of carbonyl (C=O) groups excluding carboxylic acids is 2. The van der Waals surface area contributed by atoms with Crippen LogP contribution in [0.3, 0.4) is 0 Å². The lowest BCUT2D eigenvalue weighted by molar-refractivity contribution is -0.160. The minimum Gasteiger partial charge on any atom is -0.391 e. The van der Waals surface area contributed by atoms with Gasteiger partial charge in [-0.2, -0.15) is 0 Å². The summed E-state index contributed by atoms with van der Waals surface area (Å²) in [6.45, 7) is 0.642. The Balaban J connectivity index is 1.48. The zero-order valence-corrected chi connectivity index (χ0v) is 19.1. The van der Waals surface area contributed by atoms with Crippen molar-refractivity contribution in [3.63, 3.8) is 0 Å². The van der Waals surface area contributed by atoms with E-state index >= 15 is 0 Å². The van der Waals surface area contributed by atoms with Gasteiger partial charge >= 0.3 is 11.9 Å². The van der Waals surface area contributed by atoms with Gasteiger partial charge in [-0.15, -0.1) is 0 Å². The zero-order valence-electron chi connectivity index (χ0n) is 17.4. The van der Waals surface area contributed by atoms with E-state index in [1.54, 1.807) is 0 Å². The molecule has 1 aliphatic rings. The van der Waals surface area contributed by atoms with Crippen molar-refractivity contribution in [3.05, 3.63) is 66.2 Å². The van der Waals surface area contributed by atoms with Gasteiger partial charge in [-0.1, -0.05) is 60.3 Å². The number of benzene rings is 2. The fourth-order valence-electron chi connectivity index (χ4n) is 3.54. The maximum atomic E-state index is 12.8. The molecule has 6 nitrogen and oxygen atoms in total. The average molecular weight is 462 g/mol. The predicted octanol–water partition coefficient (Wildman–Crippen LogP) is 4.22. The van der Waals surface area contributed by atoms with E-state index in [0.717, 1.165) is 24.2 Å². The zero-order chi connectivity index (χ0) is 22.2. The first kappa shape index (κ1) is 23.7. The quantitative estimate of drug-likeness (QED) is 0.237. The summed E-state index contributed by atoms with van der Waals surface area (Å²) in [7, 11) is -3.70. The molecule has 166 valence electrons. The SMILES string of the molecule is O=C(CP(=O)(O)CCCCc1ccccc1)OC(=O)[C@]1(Sc2ccccc2)CCCN1. The molecule has 1 heterocycles. The summed E-state index contributed by atoms with van der Waals surface area (Å²) in [5.74, 6) is -1.64. The Labute approximate surface area is 187 Å². The highest BCUT2D eigenvalue weighted by Crippen LogP contribution is 2.42. The van der Waals surface area contributed by atoms with Crippen LogP contribution in [0.15, 0.2) is 65.6 Å². The van der Waals surface area contributed by atoms with Crippen molar-refractivity contribution in [3.8, 4) is 0 Å². The van der Waals surface area contributed by atoms with Crippen LogP contribution in [-0.4, -0.2) is 40.6 Å². The van der Waals surface area contributed by atoms with Crippen LogP contribution in [0, 0.1) is 0 Å². The van der Waals surface area contributed by atoms with E-state index in [1.165, 1.54) is 17.3 Å². The van der Waals surface area contributed by atoms with Crippen LogP contribution >= 0.6 is 19.1 Å². The van der Waals surface area contributed by atoms with Crippen molar-refractivity contribution >= 4 is 31.1 Å². The number of hydrogen-bond donors (Lipinski definition) is 2. The molecule has 0 radical (unpaired) electrons. The van der Waals surface area contributed by atoms with Gasteiger partial charge < -0.3 is 9.63 Å². The highest BCUT2D eigenvalue weighted by Gasteiger charge is 2.45. The molecular weight excluding hydrogens is 433 g/mol. The lowest BCUT2D eigenvalue weighted by atomic mass is 10.1. The molecule has 3 rings (SSSR count). The monoisotopic (exact) mass is 461 g/mol. The summed E-state index contributed by atoms with van der Waals surface area (Å²) in [6.07, 6.45) is 2.79. The molecule has 2 aromatic rings. The molecular formula is C23H28NO5PS. The van der Waals surface area contributed by atoms with E-state index in [9.17, 15) is 19.0 Å². The number of ether oxygens (including phenoxy) is 1. The topological polar surface area (TPSA) is 92.7 Å². The number of unbranched alkanes of at least 4 members (excludes halogenated alkanes) is 1. The number of aryl methyl sites for hydroxylation is 1. The Morgan fingerprint density at radius 3 is 2.39 bits per heavy atom. The van der Waals surface area contributed by atoms with Gasteiger partial charge in [0.2, 0.25) is 7.37 Å². The highest BCUT2D eigenvalue weighted by molar-refractivity contribution is 8.01. The van der Waals surface area contributed by atoms with E-state index in [1.807, 2.05) is 60.7 Å². The molecule has 0 amide bonds. The second-order valence-electron chi connectivity index (χ2n) is 7.70. The maximum Gasteiger partial charge on any atom is 0.344 e. The fraction of sp³-hybridized carbons (Fsp3) is 0.391. The van der Waals surface area contributed by atoms with Crippen molar-refractivity contribution in [2.24, 2.45) is 0 Å². The molecule has 2 N–H and O–H groups in total. The lowest BCUT2D eigenvalue weighted by Crippen LogP contribution is -2.46. The molecule has 8 heteroatoms. The molecule has 1 saturated heterocycles. The molecule has 0 aliphatic carbocycles. The third-order valence-electron chi connectivity index (χ3n) is 5.13. The third-order valence-corrected chi connectivity index (χ3v) is 8.27. The van der Waals surface area contributed by atoms with Crippen molar-refractivity contribution in [2.45, 2.75) is 41.9 Å². The first-order chi connectivity index (χ1) is 14.9. The number of carbonyl (C=O) groups is 2. The Bertz CT molecular complexity index is 916. The normalized spacial score (nSPS) is 20.2. The second kappa shape index (κ2) is 11.1. The molecule has 0 aromatic heterocycles. The summed E-state index contributed by atoms with van der Waals surface area (Å²) in [4.78, 5) is 35.1. The van der Waals surface area contributed by atoms with Gasteiger partial charge in [0.25, 0.3) is 0 Å². The fourth-order valence-corrected chi connectivity index (χ4v) is 6.13. The van der Waals surface area contributed by atoms with E-state index in [2.05, 4.69) is 5.32 Å². The third kappa shape index (κ3) is 7.32.